The minimum Gasteiger partial charge on any atom is -0.316 e. The molecule has 0 aromatic heterocycles. The molecule has 0 bridgehead atoms. The van der Waals surface area contributed by atoms with Crippen molar-refractivity contribution in [2.45, 2.75) is 39.0 Å². The first kappa shape index (κ1) is 8.55. The van der Waals surface area contributed by atoms with Gasteiger partial charge in [-0.2, -0.15) is 0 Å². The molecule has 0 spiro atoms. The summed E-state index contributed by atoms with van der Waals surface area (Å²) in [5.74, 6) is 3.10. The Balaban J connectivity index is 1.80. The average Bonchev–Trinajstić information content (AvgIpc) is 2.58. The van der Waals surface area contributed by atoms with Crippen molar-refractivity contribution >= 4 is 0 Å². The Bertz CT molecular complexity index is 130. The molecule has 0 aromatic rings. The quantitative estimate of drug-likeness (QED) is 0.632. The molecule has 0 aromatic carbocycles. The van der Waals surface area contributed by atoms with Crippen LogP contribution in [-0.2, 0) is 0 Å². The molecule has 1 aliphatic carbocycles. The van der Waals surface area contributed by atoms with Gasteiger partial charge >= 0.3 is 0 Å². The zero-order chi connectivity index (χ0) is 8.39. The fraction of sp³-hybridized carbons (Fsp3) is 1.00. The molecular weight excluding hydrogens is 146 g/mol. The van der Waals surface area contributed by atoms with Crippen molar-refractivity contribution in [2.24, 2.45) is 17.8 Å². The molecular formula is C11H21N. The van der Waals surface area contributed by atoms with Crippen molar-refractivity contribution in [2.75, 3.05) is 13.1 Å². The second-order valence-corrected chi connectivity index (χ2v) is 4.77. The van der Waals surface area contributed by atoms with Crippen molar-refractivity contribution in [3.63, 3.8) is 0 Å². The van der Waals surface area contributed by atoms with E-state index in [4.69, 9.17) is 0 Å². The van der Waals surface area contributed by atoms with Crippen LogP contribution in [0, 0.1) is 17.8 Å². The number of nitrogens with one attached hydrogen (secondary N) is 1. The SMILES string of the molecule is CC1CCC(C2CCNC2)CC1. The van der Waals surface area contributed by atoms with Crippen molar-refractivity contribution < 1.29 is 0 Å². The van der Waals surface area contributed by atoms with E-state index in [2.05, 4.69) is 12.2 Å². The molecule has 2 aliphatic rings. The predicted octanol–water partition coefficient (Wildman–Crippen LogP) is 2.42. The van der Waals surface area contributed by atoms with Gasteiger partial charge in [0.25, 0.3) is 0 Å². The van der Waals surface area contributed by atoms with Crippen molar-refractivity contribution in [3.8, 4) is 0 Å². The van der Waals surface area contributed by atoms with Crippen LogP contribution >= 0.6 is 0 Å². The molecule has 2 fully saturated rings. The second kappa shape index (κ2) is 3.78. The summed E-state index contributed by atoms with van der Waals surface area (Å²) in [6, 6.07) is 0. The molecule has 1 nitrogen and oxygen atoms in total. The van der Waals surface area contributed by atoms with Gasteiger partial charge < -0.3 is 5.32 Å². The van der Waals surface area contributed by atoms with E-state index < -0.39 is 0 Å². The van der Waals surface area contributed by atoms with Crippen LogP contribution in [0.1, 0.15) is 39.0 Å². The Morgan fingerprint density at radius 1 is 0.917 bits per heavy atom. The summed E-state index contributed by atoms with van der Waals surface area (Å²) in [7, 11) is 0. The molecule has 1 atom stereocenters. The molecule has 1 unspecified atom stereocenters. The van der Waals surface area contributed by atoms with Gasteiger partial charge in [0.2, 0.25) is 0 Å². The molecule has 1 N–H and O–H groups in total. The Kier molecular flexibility index (Phi) is 2.69. The normalized spacial score (nSPS) is 43.2. The summed E-state index contributed by atoms with van der Waals surface area (Å²) in [5, 5.41) is 3.48. The van der Waals surface area contributed by atoms with Gasteiger partial charge in [0.05, 0.1) is 0 Å². The summed E-state index contributed by atoms with van der Waals surface area (Å²) in [6.45, 7) is 4.99. The highest BCUT2D eigenvalue weighted by Gasteiger charge is 2.27. The predicted molar refractivity (Wildman–Crippen MR) is 52.1 cm³/mol. The van der Waals surface area contributed by atoms with Gasteiger partial charge in [-0.05, 0) is 50.1 Å². The zero-order valence-electron chi connectivity index (χ0n) is 8.18. The van der Waals surface area contributed by atoms with E-state index in [9.17, 15) is 0 Å². The average molecular weight is 167 g/mol. The van der Waals surface area contributed by atoms with Crippen LogP contribution in [0.4, 0.5) is 0 Å². The van der Waals surface area contributed by atoms with Gasteiger partial charge in [0, 0.05) is 0 Å². The van der Waals surface area contributed by atoms with E-state index in [1.807, 2.05) is 0 Å². The maximum absolute atomic E-state index is 3.48. The van der Waals surface area contributed by atoms with Gasteiger partial charge in [0.15, 0.2) is 0 Å². The van der Waals surface area contributed by atoms with Crippen LogP contribution in [-0.4, -0.2) is 13.1 Å². The van der Waals surface area contributed by atoms with Crippen LogP contribution in [0.15, 0.2) is 0 Å². The van der Waals surface area contributed by atoms with Gasteiger partial charge in [-0.1, -0.05) is 19.8 Å². The molecule has 70 valence electrons. The summed E-state index contributed by atoms with van der Waals surface area (Å²) in [5.41, 5.74) is 0. The monoisotopic (exact) mass is 167 g/mol. The maximum atomic E-state index is 3.48. The molecule has 0 amide bonds. The van der Waals surface area contributed by atoms with Crippen LogP contribution in [0.25, 0.3) is 0 Å². The lowest BCUT2D eigenvalue weighted by Crippen LogP contribution is -2.22. The third kappa shape index (κ3) is 1.82. The summed E-state index contributed by atoms with van der Waals surface area (Å²) in [6.07, 6.45) is 7.43. The number of hydrogen-bond acceptors (Lipinski definition) is 1. The van der Waals surface area contributed by atoms with Crippen LogP contribution in [0.2, 0.25) is 0 Å². The van der Waals surface area contributed by atoms with Crippen LogP contribution < -0.4 is 5.32 Å². The number of hydrogen-bond donors (Lipinski definition) is 1. The van der Waals surface area contributed by atoms with Crippen LogP contribution in [0.5, 0.6) is 0 Å². The smallest absolute Gasteiger partial charge is 0.00174 e. The van der Waals surface area contributed by atoms with Crippen molar-refractivity contribution in [3.05, 3.63) is 0 Å². The first-order valence-corrected chi connectivity index (χ1v) is 5.57. The van der Waals surface area contributed by atoms with E-state index in [0.29, 0.717) is 0 Å². The fourth-order valence-corrected chi connectivity index (χ4v) is 2.84. The Hall–Kier alpha value is -0.0400. The summed E-state index contributed by atoms with van der Waals surface area (Å²) in [4.78, 5) is 0. The molecule has 1 aliphatic heterocycles. The lowest BCUT2D eigenvalue weighted by Gasteiger charge is -2.30. The molecule has 1 heteroatoms. The van der Waals surface area contributed by atoms with E-state index in [1.165, 1.54) is 45.2 Å². The Labute approximate surface area is 75.9 Å². The van der Waals surface area contributed by atoms with Gasteiger partial charge in [-0.3, -0.25) is 0 Å². The first-order valence-electron chi connectivity index (χ1n) is 5.57. The third-order valence-electron chi connectivity index (χ3n) is 3.83. The lowest BCUT2D eigenvalue weighted by molar-refractivity contribution is 0.223. The highest BCUT2D eigenvalue weighted by atomic mass is 14.9. The molecule has 12 heavy (non-hydrogen) atoms. The van der Waals surface area contributed by atoms with Crippen LogP contribution in [0.3, 0.4) is 0 Å². The highest BCUT2D eigenvalue weighted by Crippen LogP contribution is 2.35. The van der Waals surface area contributed by atoms with Gasteiger partial charge in [0.1, 0.15) is 0 Å². The van der Waals surface area contributed by atoms with Gasteiger partial charge in [-0.25, -0.2) is 0 Å². The second-order valence-electron chi connectivity index (χ2n) is 4.77. The van der Waals surface area contributed by atoms with Gasteiger partial charge in [-0.15, -0.1) is 0 Å². The minimum atomic E-state index is 1.01. The highest BCUT2D eigenvalue weighted by molar-refractivity contribution is 4.81. The van der Waals surface area contributed by atoms with E-state index in [1.54, 1.807) is 0 Å². The van der Waals surface area contributed by atoms with Crippen molar-refractivity contribution in [1.82, 2.24) is 5.32 Å². The maximum Gasteiger partial charge on any atom is -0.00174 e. The zero-order valence-corrected chi connectivity index (χ0v) is 8.18. The summed E-state index contributed by atoms with van der Waals surface area (Å²) < 4.78 is 0. The van der Waals surface area contributed by atoms with Crippen molar-refractivity contribution in [1.29, 1.82) is 0 Å². The van der Waals surface area contributed by atoms with E-state index in [-0.39, 0.29) is 0 Å². The topological polar surface area (TPSA) is 12.0 Å². The third-order valence-corrected chi connectivity index (χ3v) is 3.83. The fourth-order valence-electron chi connectivity index (χ4n) is 2.84. The molecule has 0 radical (unpaired) electrons. The van der Waals surface area contributed by atoms with E-state index >= 15 is 0 Å². The summed E-state index contributed by atoms with van der Waals surface area (Å²) >= 11 is 0. The standard InChI is InChI=1S/C11H21N/c1-9-2-4-10(5-3-9)11-6-7-12-8-11/h9-12H,2-8H2,1H3. The first-order chi connectivity index (χ1) is 5.86. The molecule has 1 heterocycles. The Morgan fingerprint density at radius 2 is 1.67 bits per heavy atom. The molecule has 1 saturated carbocycles. The van der Waals surface area contributed by atoms with E-state index in [0.717, 1.165) is 17.8 Å². The molecule has 1 saturated heterocycles. The number of rotatable bonds is 1. The molecule has 2 rings (SSSR count). The Morgan fingerprint density at radius 3 is 2.25 bits per heavy atom. The lowest BCUT2D eigenvalue weighted by atomic mass is 9.76. The minimum absolute atomic E-state index is 1.01. The largest absolute Gasteiger partial charge is 0.316 e.